The molecule has 0 radical (unpaired) electrons. The lowest BCUT2D eigenvalue weighted by atomic mass is 10.2. The predicted molar refractivity (Wildman–Crippen MR) is 75.9 cm³/mol. The fourth-order valence-corrected chi connectivity index (χ4v) is 2.00. The van der Waals surface area contributed by atoms with Crippen molar-refractivity contribution in [2.45, 2.75) is 6.92 Å². The van der Waals surface area contributed by atoms with Crippen LogP contribution < -0.4 is 5.43 Å². The first-order valence-corrected chi connectivity index (χ1v) is 6.34. The second kappa shape index (κ2) is 5.64. The summed E-state index contributed by atoms with van der Waals surface area (Å²) in [7, 11) is 1.18. The van der Waals surface area contributed by atoms with Gasteiger partial charge in [-0.3, -0.25) is 4.79 Å². The molecule has 0 N–H and O–H groups in total. The van der Waals surface area contributed by atoms with E-state index >= 15 is 0 Å². The van der Waals surface area contributed by atoms with Crippen LogP contribution in [0.1, 0.15) is 16.1 Å². The van der Waals surface area contributed by atoms with Crippen molar-refractivity contribution in [2.24, 2.45) is 0 Å². The van der Waals surface area contributed by atoms with E-state index in [2.05, 4.69) is 9.84 Å². The Morgan fingerprint density at radius 2 is 2.05 bits per heavy atom. The van der Waals surface area contributed by atoms with Crippen LogP contribution in [-0.2, 0) is 4.74 Å². The molecular weight excluding hydrogens is 303 g/mol. The van der Waals surface area contributed by atoms with Gasteiger partial charge in [-0.05, 0) is 25.1 Å². The third-order valence-corrected chi connectivity index (χ3v) is 3.19. The van der Waals surface area contributed by atoms with Gasteiger partial charge < -0.3 is 4.74 Å². The second-order valence-electron chi connectivity index (χ2n) is 4.02. The molecule has 0 saturated heterocycles. The first-order valence-electron chi connectivity index (χ1n) is 5.58. The van der Waals surface area contributed by atoms with Gasteiger partial charge in [-0.15, -0.1) is 0 Å². The smallest absolute Gasteiger partial charge is 0.362 e. The normalized spacial score (nSPS) is 10.4. The quantitative estimate of drug-likeness (QED) is 0.800. The maximum absolute atomic E-state index is 11.9. The van der Waals surface area contributed by atoms with Crippen LogP contribution in [0.15, 0.2) is 29.2 Å². The number of aryl methyl sites for hydroxylation is 1. The molecule has 1 aromatic carbocycles. The molecule has 0 unspecified atom stereocenters. The Hall–Kier alpha value is -1.85. The van der Waals surface area contributed by atoms with Crippen LogP contribution in [-0.4, -0.2) is 22.9 Å². The van der Waals surface area contributed by atoms with Gasteiger partial charge in [-0.25, -0.2) is 9.48 Å². The van der Waals surface area contributed by atoms with Gasteiger partial charge in [0.25, 0.3) is 0 Å². The highest BCUT2D eigenvalue weighted by Gasteiger charge is 2.17. The van der Waals surface area contributed by atoms with Crippen LogP contribution in [0.2, 0.25) is 10.0 Å². The summed E-state index contributed by atoms with van der Waals surface area (Å²) in [5.74, 6) is -0.800. The number of methoxy groups -OCH3 is 1. The zero-order chi connectivity index (χ0) is 14.9. The number of aromatic nitrogens is 2. The Kier molecular flexibility index (Phi) is 4.11. The number of hydrogen-bond acceptors (Lipinski definition) is 4. The number of rotatable bonds is 2. The van der Waals surface area contributed by atoms with Crippen molar-refractivity contribution >= 4 is 29.2 Å². The van der Waals surface area contributed by atoms with Crippen LogP contribution in [0.3, 0.4) is 0 Å². The van der Waals surface area contributed by atoms with Crippen molar-refractivity contribution in [1.82, 2.24) is 9.78 Å². The molecular formula is C13H10Cl2N2O3. The van der Waals surface area contributed by atoms with Crippen molar-refractivity contribution in [1.29, 1.82) is 0 Å². The molecule has 0 amide bonds. The van der Waals surface area contributed by atoms with Gasteiger partial charge in [0, 0.05) is 16.8 Å². The molecule has 1 aromatic heterocycles. The molecule has 0 fully saturated rings. The molecule has 0 aliphatic heterocycles. The molecule has 0 atom stereocenters. The van der Waals surface area contributed by atoms with E-state index < -0.39 is 11.4 Å². The fourth-order valence-electron chi connectivity index (χ4n) is 1.63. The highest BCUT2D eigenvalue weighted by atomic mass is 35.5. The van der Waals surface area contributed by atoms with Crippen molar-refractivity contribution in [3.63, 3.8) is 0 Å². The number of hydrogen-bond donors (Lipinski definition) is 0. The SMILES string of the molecule is COC(=O)c1nn(-c2cc(Cl)ccc2Cl)cc(C)c1=O. The lowest BCUT2D eigenvalue weighted by molar-refractivity contribution is 0.0590. The Balaban J connectivity index is 2.70. The Bertz CT molecular complexity index is 741. The summed E-state index contributed by atoms with van der Waals surface area (Å²) >= 11 is 12.0. The zero-order valence-electron chi connectivity index (χ0n) is 10.7. The van der Waals surface area contributed by atoms with Crippen molar-refractivity contribution < 1.29 is 9.53 Å². The molecule has 2 aromatic rings. The number of nitrogens with zero attached hydrogens (tertiary/aromatic N) is 2. The minimum Gasteiger partial charge on any atom is -0.464 e. The Morgan fingerprint density at radius 1 is 1.35 bits per heavy atom. The van der Waals surface area contributed by atoms with E-state index in [4.69, 9.17) is 23.2 Å². The van der Waals surface area contributed by atoms with Crippen LogP contribution in [0.4, 0.5) is 0 Å². The van der Waals surface area contributed by atoms with Crippen molar-refractivity contribution in [3.8, 4) is 5.69 Å². The summed E-state index contributed by atoms with van der Waals surface area (Å²) in [5, 5.41) is 4.81. The zero-order valence-corrected chi connectivity index (χ0v) is 12.2. The molecule has 2 rings (SSSR count). The molecule has 104 valence electrons. The molecule has 0 bridgehead atoms. The molecule has 0 aliphatic carbocycles. The molecule has 5 nitrogen and oxygen atoms in total. The van der Waals surface area contributed by atoms with E-state index in [1.807, 2.05) is 0 Å². The average molecular weight is 313 g/mol. The number of carbonyl (C=O) groups is 1. The minimum atomic E-state index is -0.800. The van der Waals surface area contributed by atoms with Crippen LogP contribution in [0.5, 0.6) is 0 Å². The number of ether oxygens (including phenoxy) is 1. The van der Waals surface area contributed by atoms with E-state index in [9.17, 15) is 9.59 Å². The number of carbonyl (C=O) groups excluding carboxylic acids is 1. The van der Waals surface area contributed by atoms with Crippen LogP contribution in [0, 0.1) is 6.92 Å². The van der Waals surface area contributed by atoms with Gasteiger partial charge >= 0.3 is 5.97 Å². The number of halogens is 2. The second-order valence-corrected chi connectivity index (χ2v) is 4.87. The average Bonchev–Trinajstić information content (AvgIpc) is 2.43. The Morgan fingerprint density at radius 3 is 2.70 bits per heavy atom. The standard InChI is InChI=1S/C13H10Cl2N2O3/c1-7-6-17(10-5-8(14)3-4-9(10)15)16-11(12(7)18)13(19)20-2/h3-6H,1-2H3. The minimum absolute atomic E-state index is 0.302. The summed E-state index contributed by atoms with van der Waals surface area (Å²) in [4.78, 5) is 23.4. The van der Waals surface area contributed by atoms with Gasteiger partial charge in [0.05, 0.1) is 17.8 Å². The highest BCUT2D eigenvalue weighted by molar-refractivity contribution is 6.34. The largest absolute Gasteiger partial charge is 0.464 e. The Labute approximate surface area is 124 Å². The molecule has 20 heavy (non-hydrogen) atoms. The predicted octanol–water partition coefficient (Wildman–Crippen LogP) is 2.63. The summed E-state index contributed by atoms with van der Waals surface area (Å²) in [5.41, 5.74) is 0.0265. The van der Waals surface area contributed by atoms with Crippen molar-refractivity contribution in [3.05, 3.63) is 55.9 Å². The first kappa shape index (κ1) is 14.6. The van der Waals surface area contributed by atoms with E-state index in [0.717, 1.165) is 0 Å². The van der Waals surface area contributed by atoms with Gasteiger partial charge in [-0.2, -0.15) is 5.10 Å². The van der Waals surface area contributed by atoms with Crippen molar-refractivity contribution in [2.75, 3.05) is 7.11 Å². The molecule has 0 aliphatic rings. The van der Waals surface area contributed by atoms with Crippen LogP contribution in [0.25, 0.3) is 5.69 Å². The monoisotopic (exact) mass is 312 g/mol. The maximum atomic E-state index is 11.9. The van der Waals surface area contributed by atoms with Gasteiger partial charge in [0.2, 0.25) is 11.1 Å². The van der Waals surface area contributed by atoms with E-state index in [1.54, 1.807) is 25.1 Å². The van der Waals surface area contributed by atoms with E-state index in [1.165, 1.54) is 18.0 Å². The van der Waals surface area contributed by atoms with Gasteiger partial charge in [-0.1, -0.05) is 23.2 Å². The van der Waals surface area contributed by atoms with E-state index in [-0.39, 0.29) is 5.69 Å². The third kappa shape index (κ3) is 2.69. The highest BCUT2D eigenvalue weighted by Crippen LogP contribution is 2.23. The van der Waals surface area contributed by atoms with Gasteiger partial charge in [0.15, 0.2) is 0 Å². The summed E-state index contributed by atoms with van der Waals surface area (Å²) < 4.78 is 5.87. The lowest BCUT2D eigenvalue weighted by Gasteiger charge is -2.10. The van der Waals surface area contributed by atoms with Gasteiger partial charge in [0.1, 0.15) is 0 Å². The summed E-state index contributed by atoms with van der Waals surface area (Å²) in [6, 6.07) is 4.82. The molecule has 0 spiro atoms. The third-order valence-electron chi connectivity index (χ3n) is 2.63. The number of benzene rings is 1. The number of esters is 1. The fraction of sp³-hybridized carbons (Fsp3) is 0.154. The summed E-state index contributed by atoms with van der Waals surface area (Å²) in [6.07, 6.45) is 1.48. The first-order chi connectivity index (χ1) is 9.43. The topological polar surface area (TPSA) is 61.2 Å². The maximum Gasteiger partial charge on any atom is 0.362 e. The molecule has 1 heterocycles. The summed E-state index contributed by atoms with van der Waals surface area (Å²) in [6.45, 7) is 1.57. The van der Waals surface area contributed by atoms with Crippen LogP contribution >= 0.6 is 23.2 Å². The molecule has 0 saturated carbocycles. The van der Waals surface area contributed by atoms with E-state index in [0.29, 0.717) is 21.3 Å². The molecule has 7 heteroatoms. The lowest BCUT2D eigenvalue weighted by Crippen LogP contribution is -2.24.